The van der Waals surface area contributed by atoms with Gasteiger partial charge in [0, 0.05) is 30.2 Å². The van der Waals surface area contributed by atoms with Crippen LogP contribution in [-0.4, -0.2) is 61.5 Å². The number of hydrogen-bond donors (Lipinski definition) is 6. The minimum atomic E-state index is -4.14. The molecule has 13 nitrogen and oxygen atoms in total. The Morgan fingerprint density at radius 3 is 2.46 bits per heavy atom. The number of benzene rings is 1. The molecule has 39 heavy (non-hydrogen) atoms. The number of halogens is 1. The van der Waals surface area contributed by atoms with E-state index in [1.165, 1.54) is 40.9 Å². The zero-order valence-electron chi connectivity index (χ0n) is 20.6. The fourth-order valence-electron chi connectivity index (χ4n) is 3.39. The molecule has 1 amide bonds. The van der Waals surface area contributed by atoms with Gasteiger partial charge >= 0.3 is 5.97 Å². The Morgan fingerprint density at radius 2 is 1.79 bits per heavy atom. The summed E-state index contributed by atoms with van der Waals surface area (Å²) in [6.45, 7) is 0.389. The van der Waals surface area contributed by atoms with Gasteiger partial charge in [-0.3, -0.25) is 24.2 Å². The molecule has 0 spiro atoms. The Bertz CT molecular complexity index is 1480. The molecule has 15 heteroatoms. The van der Waals surface area contributed by atoms with Crippen molar-refractivity contribution in [2.24, 2.45) is 5.73 Å². The van der Waals surface area contributed by atoms with Crippen molar-refractivity contribution in [3.05, 3.63) is 76.7 Å². The number of hydrogen-bond acceptors (Lipinski definition) is 7. The number of nitrogens with one attached hydrogen (secondary N) is 4. The number of carbonyl (C=O) groups excluding carboxylic acids is 1. The molecule has 1 aromatic carbocycles. The van der Waals surface area contributed by atoms with Crippen molar-refractivity contribution in [2.75, 3.05) is 19.7 Å². The minimum absolute atomic E-state index is 0. The number of unbranched alkanes of at least 4 members (excludes halogenated alkanes) is 1. The molecular weight excluding hydrogens is 552 g/mol. The van der Waals surface area contributed by atoms with E-state index >= 15 is 0 Å². The molecule has 0 aliphatic heterocycles. The molecule has 0 radical (unpaired) electrons. The first-order valence-electron chi connectivity index (χ1n) is 11.5. The van der Waals surface area contributed by atoms with E-state index in [1.54, 1.807) is 18.2 Å². The van der Waals surface area contributed by atoms with Crippen LogP contribution in [0, 0.1) is 5.41 Å². The summed E-state index contributed by atoms with van der Waals surface area (Å²) in [7, 11) is -4.14. The van der Waals surface area contributed by atoms with Crippen molar-refractivity contribution in [1.82, 2.24) is 19.8 Å². The maximum atomic E-state index is 12.7. The van der Waals surface area contributed by atoms with E-state index in [2.05, 4.69) is 15.4 Å². The highest BCUT2D eigenvalue weighted by Crippen LogP contribution is 2.14. The lowest BCUT2D eigenvalue weighted by Gasteiger charge is -2.16. The van der Waals surface area contributed by atoms with Crippen molar-refractivity contribution in [2.45, 2.75) is 23.8 Å². The molecule has 0 bridgehead atoms. The normalized spacial score (nSPS) is 11.7. The number of sulfonamides is 1. The van der Waals surface area contributed by atoms with Crippen LogP contribution in [0.3, 0.4) is 0 Å². The van der Waals surface area contributed by atoms with Crippen molar-refractivity contribution in [3.63, 3.8) is 0 Å². The van der Waals surface area contributed by atoms with Gasteiger partial charge in [0.1, 0.15) is 11.8 Å². The quantitative estimate of drug-likeness (QED) is 0.0945. The number of guanidine groups is 1. The lowest BCUT2D eigenvalue weighted by Crippen LogP contribution is -2.48. The Kier molecular flexibility index (Phi) is 11.3. The fourth-order valence-corrected chi connectivity index (χ4v) is 4.60. The SMILES string of the molecule is Cl.N=C(N)NCCCCOc1ccc2cc(C(=O)NCC(NS(=O)(=O)c3ccccc3)C(=O)O)cc(=O)n2c1. The number of carbonyl (C=O) groups is 2. The molecule has 1 unspecified atom stereocenters. The number of nitrogens with two attached hydrogens (primary N) is 1. The van der Waals surface area contributed by atoms with Crippen LogP contribution in [0.25, 0.3) is 5.52 Å². The van der Waals surface area contributed by atoms with Gasteiger partial charge in [0.25, 0.3) is 11.5 Å². The molecule has 0 saturated heterocycles. The Balaban J connectivity index is 0.00000533. The van der Waals surface area contributed by atoms with Gasteiger partial charge in [-0.05, 0) is 43.2 Å². The molecule has 0 saturated carbocycles. The van der Waals surface area contributed by atoms with Crippen LogP contribution in [0.15, 0.2) is 70.5 Å². The second-order valence-corrected chi connectivity index (χ2v) is 9.89. The Hall–Kier alpha value is -4.14. The maximum Gasteiger partial charge on any atom is 0.323 e. The van der Waals surface area contributed by atoms with E-state index in [0.717, 1.165) is 12.5 Å². The third-order valence-electron chi connectivity index (χ3n) is 5.31. The third-order valence-corrected chi connectivity index (χ3v) is 6.79. The second kappa shape index (κ2) is 14.1. The van der Waals surface area contributed by atoms with Crippen molar-refractivity contribution in [1.29, 1.82) is 5.41 Å². The topological polar surface area (TPSA) is 205 Å². The van der Waals surface area contributed by atoms with Crippen LogP contribution in [0.5, 0.6) is 5.75 Å². The number of carboxylic acid groups (broad SMARTS) is 1. The van der Waals surface area contributed by atoms with Crippen molar-refractivity contribution in [3.8, 4) is 5.75 Å². The summed E-state index contributed by atoms with van der Waals surface area (Å²) in [4.78, 5) is 36.8. The predicted octanol–water partition coefficient (Wildman–Crippen LogP) is 0.525. The summed E-state index contributed by atoms with van der Waals surface area (Å²) >= 11 is 0. The number of pyridine rings is 2. The standard InChI is InChI=1S/C24H28N6O7S.ClH/c25-24(26)27-10-4-5-11-37-18-9-8-17-12-16(13-21(31)30(17)15-18)22(32)28-14-20(23(33)34)29-38(35,36)19-6-2-1-3-7-19;/h1-3,6-9,12-13,15,20,29H,4-5,10-11,14H2,(H,28,32)(H,33,34)(H4,25,26,27);1H. The van der Waals surface area contributed by atoms with Crippen molar-refractivity contribution < 1.29 is 27.9 Å². The van der Waals surface area contributed by atoms with Gasteiger partial charge in [0.2, 0.25) is 10.0 Å². The summed E-state index contributed by atoms with van der Waals surface area (Å²) in [6, 6.07) is 11.4. The van der Waals surface area contributed by atoms with Crippen LogP contribution in [0.2, 0.25) is 0 Å². The lowest BCUT2D eigenvalue weighted by atomic mass is 10.2. The van der Waals surface area contributed by atoms with Crippen LogP contribution < -0.4 is 31.4 Å². The predicted molar refractivity (Wildman–Crippen MR) is 146 cm³/mol. The summed E-state index contributed by atoms with van der Waals surface area (Å²) < 4.78 is 33.9. The lowest BCUT2D eigenvalue weighted by molar-refractivity contribution is -0.138. The largest absolute Gasteiger partial charge is 0.492 e. The highest BCUT2D eigenvalue weighted by molar-refractivity contribution is 7.89. The van der Waals surface area contributed by atoms with E-state index in [9.17, 15) is 27.9 Å². The third kappa shape index (κ3) is 8.98. The molecule has 1 atom stereocenters. The van der Waals surface area contributed by atoms with E-state index in [1.807, 2.05) is 0 Å². The number of fused-ring (bicyclic) bond motifs is 1. The molecule has 0 aliphatic rings. The number of amides is 1. The first kappa shape index (κ1) is 31.1. The smallest absolute Gasteiger partial charge is 0.323 e. The number of ether oxygens (including phenoxy) is 1. The van der Waals surface area contributed by atoms with Crippen molar-refractivity contribution >= 4 is 45.8 Å². The molecule has 2 aromatic heterocycles. The molecule has 3 rings (SSSR count). The van der Waals surface area contributed by atoms with Gasteiger partial charge < -0.3 is 26.2 Å². The van der Waals surface area contributed by atoms with Crippen LogP contribution in [0.1, 0.15) is 23.2 Å². The summed E-state index contributed by atoms with van der Waals surface area (Å²) in [5.41, 5.74) is 5.09. The average molecular weight is 581 g/mol. The van der Waals surface area contributed by atoms with Gasteiger partial charge in [-0.25, -0.2) is 8.42 Å². The summed E-state index contributed by atoms with van der Waals surface area (Å²) in [6.07, 6.45) is 2.93. The maximum absolute atomic E-state index is 12.7. The molecule has 2 heterocycles. The zero-order valence-corrected chi connectivity index (χ0v) is 22.3. The van der Waals surface area contributed by atoms with E-state index in [0.29, 0.717) is 30.8 Å². The number of carboxylic acids is 1. The average Bonchev–Trinajstić information content (AvgIpc) is 2.88. The van der Waals surface area contributed by atoms with Gasteiger partial charge in [0.05, 0.1) is 17.7 Å². The Labute approximate surface area is 230 Å². The van der Waals surface area contributed by atoms with Crippen LogP contribution >= 0.6 is 12.4 Å². The second-order valence-electron chi connectivity index (χ2n) is 8.17. The summed E-state index contributed by atoms with van der Waals surface area (Å²) in [5.74, 6) is -1.87. The Morgan fingerprint density at radius 1 is 1.08 bits per heavy atom. The first-order chi connectivity index (χ1) is 18.1. The minimum Gasteiger partial charge on any atom is -0.492 e. The molecule has 210 valence electrons. The number of rotatable bonds is 13. The number of nitrogens with zero attached hydrogens (tertiary/aromatic N) is 1. The van der Waals surface area contributed by atoms with E-state index in [-0.39, 0.29) is 28.8 Å². The zero-order chi connectivity index (χ0) is 27.7. The van der Waals surface area contributed by atoms with Gasteiger partial charge in [-0.2, -0.15) is 4.72 Å². The number of aliphatic carboxylic acids is 1. The number of aromatic nitrogens is 1. The van der Waals surface area contributed by atoms with E-state index in [4.69, 9.17) is 15.9 Å². The molecular formula is C24H29ClN6O7S. The van der Waals surface area contributed by atoms with Gasteiger partial charge in [-0.1, -0.05) is 18.2 Å². The fraction of sp³-hybridized carbons (Fsp3) is 0.250. The summed E-state index contributed by atoms with van der Waals surface area (Å²) in [5, 5.41) is 21.6. The monoisotopic (exact) mass is 580 g/mol. The van der Waals surface area contributed by atoms with Crippen LogP contribution in [-0.2, 0) is 14.8 Å². The van der Waals surface area contributed by atoms with Gasteiger partial charge in [0.15, 0.2) is 5.96 Å². The molecule has 3 aromatic rings. The molecule has 0 fully saturated rings. The highest BCUT2D eigenvalue weighted by Gasteiger charge is 2.26. The van der Waals surface area contributed by atoms with Gasteiger partial charge in [-0.15, -0.1) is 12.4 Å². The first-order valence-corrected chi connectivity index (χ1v) is 13.0. The molecule has 7 N–H and O–H groups in total. The highest BCUT2D eigenvalue weighted by atomic mass is 35.5. The van der Waals surface area contributed by atoms with Crippen LogP contribution in [0.4, 0.5) is 0 Å². The molecule has 0 aliphatic carbocycles. The van der Waals surface area contributed by atoms with E-state index < -0.39 is 40.0 Å².